The maximum atomic E-state index is 9.67. The van der Waals surface area contributed by atoms with E-state index in [-0.39, 0.29) is 18.8 Å². The molecule has 1 fully saturated rings. The normalized spacial score (nSPS) is 27.1. The molecule has 0 aromatic heterocycles. The van der Waals surface area contributed by atoms with E-state index in [0.717, 1.165) is 24.6 Å². The monoisotopic (exact) mass is 398 g/mol. The first-order chi connectivity index (χ1) is 14.0. The lowest BCUT2D eigenvalue weighted by Gasteiger charge is -2.43. The summed E-state index contributed by atoms with van der Waals surface area (Å²) in [6.45, 7) is 11.0. The number of benzene rings is 1. The summed E-state index contributed by atoms with van der Waals surface area (Å²) in [4.78, 5) is 7.51. The molecule has 5 nitrogen and oxygen atoms in total. The predicted molar refractivity (Wildman–Crippen MR) is 120 cm³/mol. The van der Waals surface area contributed by atoms with Gasteiger partial charge in [-0.25, -0.2) is 0 Å². The van der Waals surface area contributed by atoms with Crippen LogP contribution in [0.2, 0.25) is 0 Å². The third kappa shape index (κ3) is 5.53. The summed E-state index contributed by atoms with van der Waals surface area (Å²) >= 11 is 0. The van der Waals surface area contributed by atoms with E-state index in [9.17, 15) is 5.11 Å². The first-order valence-electron chi connectivity index (χ1n) is 11.2. The van der Waals surface area contributed by atoms with Gasteiger partial charge in [0.25, 0.3) is 0 Å². The summed E-state index contributed by atoms with van der Waals surface area (Å²) < 4.78 is 0. The van der Waals surface area contributed by atoms with Gasteiger partial charge in [-0.05, 0) is 36.7 Å². The van der Waals surface area contributed by atoms with E-state index in [1.54, 1.807) is 0 Å². The minimum Gasteiger partial charge on any atom is -0.394 e. The maximum Gasteiger partial charge on any atom is 0.129 e. The first kappa shape index (κ1) is 21.7. The van der Waals surface area contributed by atoms with Crippen LogP contribution >= 0.6 is 0 Å². The van der Waals surface area contributed by atoms with Crippen molar-refractivity contribution >= 4 is 5.84 Å². The van der Waals surface area contributed by atoms with Crippen molar-refractivity contribution in [2.45, 2.75) is 65.7 Å². The van der Waals surface area contributed by atoms with E-state index >= 15 is 0 Å². The summed E-state index contributed by atoms with van der Waals surface area (Å²) in [5.74, 6) is 3.88. The number of aliphatic imine (C=N–C) groups is 1. The fourth-order valence-electron chi connectivity index (χ4n) is 4.41. The molecule has 3 unspecified atom stereocenters. The number of nitrogens with one attached hydrogen (secondary N) is 2. The van der Waals surface area contributed by atoms with Crippen molar-refractivity contribution in [2.75, 3.05) is 13.2 Å². The standard InChI is InChI=1S/C24H38N4O/c1-5-20(16-29)26-22-14-23(25-15-19-9-7-6-8-10-19)28-12-11-18(4)13-21(17(2)3)24(28)27-22/h6-10,14,17-18,20-21,24,26-27,29H,5,11-13,15-16H2,1-4H3/t18?,20-,21?,24?/m1/s1. The Balaban J connectivity index is 1.92. The van der Waals surface area contributed by atoms with Crippen LogP contribution in [0.1, 0.15) is 52.5 Å². The van der Waals surface area contributed by atoms with Crippen LogP contribution in [0.25, 0.3) is 0 Å². The van der Waals surface area contributed by atoms with Gasteiger partial charge in [-0.2, -0.15) is 0 Å². The molecule has 0 radical (unpaired) electrons. The lowest BCUT2D eigenvalue weighted by Crippen LogP contribution is -2.58. The van der Waals surface area contributed by atoms with Crippen molar-refractivity contribution in [1.29, 1.82) is 0 Å². The van der Waals surface area contributed by atoms with Gasteiger partial charge in [0.2, 0.25) is 0 Å². The van der Waals surface area contributed by atoms with Crippen molar-refractivity contribution in [1.82, 2.24) is 15.5 Å². The summed E-state index contributed by atoms with van der Waals surface area (Å²) in [6, 6.07) is 10.5. The van der Waals surface area contributed by atoms with Crippen LogP contribution in [0.5, 0.6) is 0 Å². The molecule has 1 saturated heterocycles. The number of aliphatic hydroxyl groups excluding tert-OH is 1. The van der Waals surface area contributed by atoms with Gasteiger partial charge >= 0.3 is 0 Å². The quantitative estimate of drug-likeness (QED) is 0.655. The molecule has 0 aliphatic carbocycles. The second-order valence-electron chi connectivity index (χ2n) is 8.97. The molecular weight excluding hydrogens is 360 g/mol. The smallest absolute Gasteiger partial charge is 0.129 e. The highest BCUT2D eigenvalue weighted by Gasteiger charge is 2.37. The molecule has 5 heteroatoms. The van der Waals surface area contributed by atoms with Crippen LogP contribution in [0.4, 0.5) is 0 Å². The average Bonchev–Trinajstić information content (AvgIpc) is 2.90. The number of aliphatic hydroxyl groups is 1. The average molecular weight is 399 g/mol. The Kier molecular flexibility index (Phi) is 7.59. The molecule has 2 aliphatic rings. The second kappa shape index (κ2) is 10.1. The highest BCUT2D eigenvalue weighted by molar-refractivity contribution is 5.94. The SMILES string of the molecule is CC[C@H](CO)NC1=CC(=NCc2ccccc2)N2CCC(C)CC(C(C)C)C2N1. The fraction of sp³-hybridized carbons (Fsp3) is 0.625. The molecule has 2 heterocycles. The van der Waals surface area contributed by atoms with Gasteiger partial charge in [0.05, 0.1) is 19.2 Å². The lowest BCUT2D eigenvalue weighted by atomic mass is 9.84. The van der Waals surface area contributed by atoms with Gasteiger partial charge in [0.15, 0.2) is 0 Å². The largest absolute Gasteiger partial charge is 0.394 e. The Morgan fingerprint density at radius 3 is 2.69 bits per heavy atom. The third-order valence-corrected chi connectivity index (χ3v) is 6.35. The van der Waals surface area contributed by atoms with E-state index in [2.05, 4.69) is 73.6 Å². The number of rotatable bonds is 7. The van der Waals surface area contributed by atoms with Crippen molar-refractivity contribution < 1.29 is 5.11 Å². The Labute approximate surface area is 176 Å². The molecule has 1 aromatic carbocycles. The Bertz CT molecular complexity index is 696. The molecule has 160 valence electrons. The third-order valence-electron chi connectivity index (χ3n) is 6.35. The highest BCUT2D eigenvalue weighted by Crippen LogP contribution is 2.33. The summed E-state index contributed by atoms with van der Waals surface area (Å²) in [5, 5.41) is 16.9. The summed E-state index contributed by atoms with van der Waals surface area (Å²) in [6.07, 6.45) is 5.66. The Morgan fingerprint density at radius 2 is 2.03 bits per heavy atom. The van der Waals surface area contributed by atoms with E-state index < -0.39 is 0 Å². The van der Waals surface area contributed by atoms with Crippen molar-refractivity contribution in [2.24, 2.45) is 22.7 Å². The lowest BCUT2D eigenvalue weighted by molar-refractivity contribution is 0.156. The van der Waals surface area contributed by atoms with Crippen LogP contribution in [0, 0.1) is 17.8 Å². The van der Waals surface area contributed by atoms with Gasteiger partial charge in [-0.1, -0.05) is 58.0 Å². The molecular formula is C24H38N4O. The number of amidine groups is 1. The van der Waals surface area contributed by atoms with E-state index in [1.165, 1.54) is 18.4 Å². The second-order valence-corrected chi connectivity index (χ2v) is 8.97. The molecule has 0 bridgehead atoms. The van der Waals surface area contributed by atoms with E-state index in [4.69, 9.17) is 4.99 Å². The highest BCUT2D eigenvalue weighted by atomic mass is 16.3. The van der Waals surface area contributed by atoms with Gasteiger partial charge in [-0.3, -0.25) is 4.99 Å². The van der Waals surface area contributed by atoms with Crippen LogP contribution in [0.3, 0.4) is 0 Å². The van der Waals surface area contributed by atoms with E-state index in [0.29, 0.717) is 24.3 Å². The number of nitrogens with zero attached hydrogens (tertiary/aromatic N) is 2. The Morgan fingerprint density at radius 1 is 1.28 bits per heavy atom. The molecule has 3 N–H and O–H groups in total. The van der Waals surface area contributed by atoms with Crippen LogP contribution in [0.15, 0.2) is 47.2 Å². The molecule has 0 amide bonds. The topological polar surface area (TPSA) is 59.9 Å². The first-order valence-corrected chi connectivity index (χ1v) is 11.2. The zero-order valence-electron chi connectivity index (χ0n) is 18.4. The molecule has 4 atom stereocenters. The van der Waals surface area contributed by atoms with E-state index in [1.807, 2.05) is 6.07 Å². The summed E-state index contributed by atoms with van der Waals surface area (Å²) in [5.41, 5.74) is 1.23. The minimum absolute atomic E-state index is 0.0536. The molecule has 0 saturated carbocycles. The molecule has 1 aromatic rings. The van der Waals surface area contributed by atoms with Gasteiger partial charge in [-0.15, -0.1) is 0 Å². The van der Waals surface area contributed by atoms with Crippen LogP contribution in [-0.2, 0) is 6.54 Å². The fourth-order valence-corrected chi connectivity index (χ4v) is 4.41. The van der Waals surface area contributed by atoms with Crippen LogP contribution in [-0.4, -0.2) is 41.2 Å². The van der Waals surface area contributed by atoms with Crippen molar-refractivity contribution in [3.63, 3.8) is 0 Å². The molecule has 3 rings (SSSR count). The zero-order valence-corrected chi connectivity index (χ0v) is 18.4. The van der Waals surface area contributed by atoms with Gasteiger partial charge in [0.1, 0.15) is 17.8 Å². The minimum atomic E-state index is 0.0536. The maximum absolute atomic E-state index is 9.67. The van der Waals surface area contributed by atoms with Gasteiger partial charge in [0, 0.05) is 18.5 Å². The molecule has 2 aliphatic heterocycles. The Hall–Kier alpha value is -2.01. The summed E-state index contributed by atoms with van der Waals surface area (Å²) in [7, 11) is 0. The molecule has 29 heavy (non-hydrogen) atoms. The van der Waals surface area contributed by atoms with Crippen LogP contribution < -0.4 is 10.6 Å². The predicted octanol–water partition coefficient (Wildman–Crippen LogP) is 3.72. The van der Waals surface area contributed by atoms with Crippen molar-refractivity contribution in [3.05, 3.63) is 47.8 Å². The van der Waals surface area contributed by atoms with Crippen molar-refractivity contribution in [3.8, 4) is 0 Å². The zero-order chi connectivity index (χ0) is 20.8. The van der Waals surface area contributed by atoms with Gasteiger partial charge < -0.3 is 20.6 Å². The number of hydrogen-bond acceptors (Lipinski definition) is 4. The number of hydrogen-bond donors (Lipinski definition) is 3. The number of fused-ring (bicyclic) bond motifs is 1. The molecule has 0 spiro atoms.